The Kier molecular flexibility index (Phi) is 4.87. The van der Waals surface area contributed by atoms with E-state index in [0.717, 1.165) is 19.4 Å². The summed E-state index contributed by atoms with van der Waals surface area (Å²) >= 11 is 0. The lowest BCUT2D eigenvalue weighted by molar-refractivity contribution is -0.143. The molecule has 1 atom stereocenters. The fourth-order valence-electron chi connectivity index (χ4n) is 2.90. The molecule has 0 amide bonds. The molecule has 0 radical (unpaired) electrons. The van der Waals surface area contributed by atoms with Crippen LogP contribution in [0.5, 0.6) is 0 Å². The zero-order valence-corrected chi connectivity index (χ0v) is 9.84. The van der Waals surface area contributed by atoms with Crippen molar-refractivity contribution in [2.24, 2.45) is 0 Å². The zero-order chi connectivity index (χ0) is 9.97. The Labute approximate surface area is 97.2 Å². The van der Waals surface area contributed by atoms with E-state index in [1.54, 1.807) is 0 Å². The van der Waals surface area contributed by atoms with E-state index in [9.17, 15) is 4.79 Å². The fourth-order valence-corrected chi connectivity index (χ4v) is 2.90. The summed E-state index contributed by atoms with van der Waals surface area (Å²) in [5, 5.41) is 9.07. The second kappa shape index (κ2) is 5.71. The summed E-state index contributed by atoms with van der Waals surface area (Å²) in [4.78, 5) is 13.3. The molecular formula is C11H20ClNO2. The Morgan fingerprint density at radius 2 is 1.73 bits per heavy atom. The van der Waals surface area contributed by atoms with Gasteiger partial charge in [-0.25, -0.2) is 0 Å². The van der Waals surface area contributed by atoms with Gasteiger partial charge in [0, 0.05) is 6.04 Å². The monoisotopic (exact) mass is 233 g/mol. The van der Waals surface area contributed by atoms with Crippen molar-refractivity contribution in [2.75, 3.05) is 6.54 Å². The van der Waals surface area contributed by atoms with Gasteiger partial charge in [0.2, 0.25) is 0 Å². The van der Waals surface area contributed by atoms with Gasteiger partial charge >= 0.3 is 5.97 Å². The highest BCUT2D eigenvalue weighted by Crippen LogP contribution is 2.29. The molecule has 15 heavy (non-hydrogen) atoms. The summed E-state index contributed by atoms with van der Waals surface area (Å²) < 4.78 is 0. The van der Waals surface area contributed by atoms with Gasteiger partial charge in [-0.1, -0.05) is 19.3 Å². The van der Waals surface area contributed by atoms with Crippen molar-refractivity contribution in [3.8, 4) is 0 Å². The van der Waals surface area contributed by atoms with Gasteiger partial charge < -0.3 is 5.11 Å². The molecule has 1 unspecified atom stereocenters. The zero-order valence-electron chi connectivity index (χ0n) is 9.02. The van der Waals surface area contributed by atoms with Gasteiger partial charge in [0.25, 0.3) is 0 Å². The SMILES string of the molecule is Cl.O=C(O)C1CCCN1C1CCCCC1. The summed E-state index contributed by atoms with van der Waals surface area (Å²) in [6.45, 7) is 1.00. The highest BCUT2D eigenvalue weighted by atomic mass is 35.5. The maximum Gasteiger partial charge on any atom is 0.320 e. The quantitative estimate of drug-likeness (QED) is 0.796. The van der Waals surface area contributed by atoms with E-state index in [0.29, 0.717) is 6.04 Å². The van der Waals surface area contributed by atoms with Crippen LogP contribution in [0.15, 0.2) is 0 Å². The normalized spacial score (nSPS) is 28.7. The van der Waals surface area contributed by atoms with E-state index in [2.05, 4.69) is 4.90 Å². The molecule has 1 heterocycles. The molecular weight excluding hydrogens is 214 g/mol. The Morgan fingerprint density at radius 1 is 1.07 bits per heavy atom. The number of hydrogen-bond acceptors (Lipinski definition) is 2. The van der Waals surface area contributed by atoms with Crippen molar-refractivity contribution >= 4 is 18.4 Å². The molecule has 4 heteroatoms. The number of rotatable bonds is 2. The van der Waals surface area contributed by atoms with Crippen molar-refractivity contribution < 1.29 is 9.90 Å². The van der Waals surface area contributed by atoms with Crippen molar-refractivity contribution in [3.63, 3.8) is 0 Å². The number of halogens is 1. The molecule has 1 N–H and O–H groups in total. The predicted octanol–water partition coefficient (Wildman–Crippen LogP) is 2.29. The van der Waals surface area contributed by atoms with Gasteiger partial charge in [0.15, 0.2) is 0 Å². The minimum absolute atomic E-state index is 0. The lowest BCUT2D eigenvalue weighted by Crippen LogP contribution is -2.44. The van der Waals surface area contributed by atoms with Gasteiger partial charge in [-0.3, -0.25) is 9.69 Å². The van der Waals surface area contributed by atoms with Crippen molar-refractivity contribution in [1.29, 1.82) is 0 Å². The molecule has 2 fully saturated rings. The van der Waals surface area contributed by atoms with Crippen LogP contribution in [-0.4, -0.2) is 34.6 Å². The number of aliphatic carboxylic acids is 1. The topological polar surface area (TPSA) is 40.5 Å². The van der Waals surface area contributed by atoms with E-state index in [1.165, 1.54) is 32.1 Å². The summed E-state index contributed by atoms with van der Waals surface area (Å²) in [6.07, 6.45) is 8.25. The largest absolute Gasteiger partial charge is 0.480 e. The average molecular weight is 234 g/mol. The van der Waals surface area contributed by atoms with Crippen molar-refractivity contribution in [3.05, 3.63) is 0 Å². The third-order valence-electron chi connectivity index (χ3n) is 3.62. The Morgan fingerprint density at radius 3 is 2.33 bits per heavy atom. The van der Waals surface area contributed by atoms with E-state index < -0.39 is 5.97 Å². The molecule has 0 spiro atoms. The molecule has 1 aliphatic carbocycles. The van der Waals surface area contributed by atoms with Gasteiger partial charge in [0.1, 0.15) is 6.04 Å². The Balaban J connectivity index is 0.00000112. The molecule has 0 aromatic rings. The third kappa shape index (κ3) is 2.85. The molecule has 0 bridgehead atoms. The van der Waals surface area contributed by atoms with E-state index >= 15 is 0 Å². The highest BCUT2D eigenvalue weighted by Gasteiger charge is 2.35. The van der Waals surface area contributed by atoms with Gasteiger partial charge in [-0.2, -0.15) is 0 Å². The van der Waals surface area contributed by atoms with Crippen LogP contribution in [0.1, 0.15) is 44.9 Å². The van der Waals surface area contributed by atoms with Crippen LogP contribution in [0.3, 0.4) is 0 Å². The Hall–Kier alpha value is -0.280. The first kappa shape index (κ1) is 12.8. The van der Waals surface area contributed by atoms with Crippen molar-refractivity contribution in [2.45, 2.75) is 57.0 Å². The highest BCUT2D eigenvalue weighted by molar-refractivity contribution is 5.85. The molecule has 1 saturated carbocycles. The Bertz CT molecular complexity index is 217. The number of hydrogen-bond donors (Lipinski definition) is 1. The van der Waals surface area contributed by atoms with Gasteiger partial charge in [0.05, 0.1) is 0 Å². The van der Waals surface area contributed by atoms with Crippen LogP contribution in [0.25, 0.3) is 0 Å². The molecule has 2 rings (SSSR count). The van der Waals surface area contributed by atoms with Crippen LogP contribution >= 0.6 is 12.4 Å². The second-order valence-corrected chi connectivity index (χ2v) is 4.53. The molecule has 2 aliphatic rings. The number of nitrogens with zero attached hydrogens (tertiary/aromatic N) is 1. The summed E-state index contributed by atoms with van der Waals surface area (Å²) in [7, 11) is 0. The molecule has 3 nitrogen and oxygen atoms in total. The van der Waals surface area contributed by atoms with E-state index in [1.807, 2.05) is 0 Å². The lowest BCUT2D eigenvalue weighted by Gasteiger charge is -2.33. The van der Waals surface area contributed by atoms with Gasteiger partial charge in [-0.05, 0) is 32.2 Å². The van der Waals surface area contributed by atoms with Crippen LogP contribution in [-0.2, 0) is 4.79 Å². The predicted molar refractivity (Wildman–Crippen MR) is 61.5 cm³/mol. The van der Waals surface area contributed by atoms with Gasteiger partial charge in [-0.15, -0.1) is 12.4 Å². The number of carboxylic acid groups (broad SMARTS) is 1. The van der Waals surface area contributed by atoms with E-state index in [4.69, 9.17) is 5.11 Å². The molecule has 1 saturated heterocycles. The van der Waals surface area contributed by atoms with E-state index in [-0.39, 0.29) is 18.4 Å². The molecule has 1 aliphatic heterocycles. The average Bonchev–Trinajstić information content (AvgIpc) is 2.67. The first-order valence-electron chi connectivity index (χ1n) is 5.77. The third-order valence-corrected chi connectivity index (χ3v) is 3.62. The second-order valence-electron chi connectivity index (χ2n) is 4.53. The van der Waals surface area contributed by atoms with Crippen LogP contribution in [0.2, 0.25) is 0 Å². The molecule has 0 aromatic heterocycles. The number of carbonyl (C=O) groups is 1. The standard InChI is InChI=1S/C11H19NO2.ClH/c13-11(14)10-7-4-8-12(10)9-5-2-1-3-6-9;/h9-10H,1-8H2,(H,13,14);1H. The van der Waals surface area contributed by atoms with Crippen LogP contribution < -0.4 is 0 Å². The summed E-state index contributed by atoms with van der Waals surface area (Å²) in [5.74, 6) is -0.618. The van der Waals surface area contributed by atoms with Crippen LogP contribution in [0.4, 0.5) is 0 Å². The van der Waals surface area contributed by atoms with Crippen LogP contribution in [0, 0.1) is 0 Å². The first-order chi connectivity index (χ1) is 6.79. The fraction of sp³-hybridized carbons (Fsp3) is 0.909. The molecule has 0 aromatic carbocycles. The number of likely N-dealkylation sites (tertiary alicyclic amines) is 1. The molecule has 88 valence electrons. The lowest BCUT2D eigenvalue weighted by atomic mass is 9.94. The minimum atomic E-state index is -0.618. The summed E-state index contributed by atoms with van der Waals surface area (Å²) in [5.41, 5.74) is 0. The summed E-state index contributed by atoms with van der Waals surface area (Å²) in [6, 6.07) is 0.380. The maximum atomic E-state index is 11.0. The smallest absolute Gasteiger partial charge is 0.320 e. The maximum absolute atomic E-state index is 11.0. The minimum Gasteiger partial charge on any atom is -0.480 e. The van der Waals surface area contributed by atoms with Crippen molar-refractivity contribution in [1.82, 2.24) is 4.90 Å². The first-order valence-corrected chi connectivity index (χ1v) is 5.77. The number of carboxylic acids is 1.